The fraction of sp³-hybridized carbons (Fsp3) is 0.417. The zero-order chi connectivity index (χ0) is 24.7. The summed E-state index contributed by atoms with van der Waals surface area (Å²) in [6.45, 7) is 2.24. The summed E-state index contributed by atoms with van der Waals surface area (Å²) in [5.74, 6) is 1.16. The van der Waals surface area contributed by atoms with Crippen LogP contribution < -0.4 is 26.3 Å². The van der Waals surface area contributed by atoms with Crippen LogP contribution in [0.4, 0.5) is 10.5 Å². The Labute approximate surface area is 204 Å². The lowest BCUT2D eigenvalue weighted by Crippen LogP contribution is -2.42. The van der Waals surface area contributed by atoms with Crippen LogP contribution in [0.3, 0.4) is 0 Å². The molecule has 2 amide bonds. The smallest absolute Gasteiger partial charge is 0.404 e. The van der Waals surface area contributed by atoms with Gasteiger partial charge in [0.05, 0.1) is 36.5 Å². The topological polar surface area (TPSA) is 129 Å². The Balaban J connectivity index is 1.60. The van der Waals surface area contributed by atoms with Crippen LogP contribution in [0.5, 0.6) is 11.5 Å². The van der Waals surface area contributed by atoms with Crippen LogP contribution in [0.2, 0.25) is 5.02 Å². The van der Waals surface area contributed by atoms with Gasteiger partial charge in [-0.15, -0.1) is 0 Å². The molecule has 9 nitrogen and oxygen atoms in total. The van der Waals surface area contributed by atoms with Crippen LogP contribution in [-0.2, 0) is 4.74 Å². The van der Waals surface area contributed by atoms with Crippen LogP contribution >= 0.6 is 11.6 Å². The van der Waals surface area contributed by atoms with Gasteiger partial charge >= 0.3 is 6.09 Å². The Morgan fingerprint density at radius 1 is 1.18 bits per heavy atom. The van der Waals surface area contributed by atoms with E-state index >= 15 is 0 Å². The lowest BCUT2D eigenvalue weighted by atomic mass is 9.94. The van der Waals surface area contributed by atoms with Gasteiger partial charge < -0.3 is 31.0 Å². The highest BCUT2D eigenvalue weighted by Gasteiger charge is 2.28. The molecule has 0 spiro atoms. The molecule has 184 valence electrons. The van der Waals surface area contributed by atoms with Crippen molar-refractivity contribution in [3.8, 4) is 11.5 Å². The van der Waals surface area contributed by atoms with Gasteiger partial charge in [0.2, 0.25) is 0 Å². The number of methoxy groups -OCH3 is 2. The van der Waals surface area contributed by atoms with Crippen molar-refractivity contribution in [2.45, 2.75) is 18.9 Å². The summed E-state index contributed by atoms with van der Waals surface area (Å²) in [5, 5.41) is 3.29. The van der Waals surface area contributed by atoms with E-state index in [1.807, 2.05) is 24.3 Å². The van der Waals surface area contributed by atoms with Gasteiger partial charge in [-0.05, 0) is 55.6 Å². The summed E-state index contributed by atoms with van der Waals surface area (Å²) in [7, 11) is 3.09. The Hall–Kier alpha value is -3.17. The van der Waals surface area contributed by atoms with Crippen molar-refractivity contribution in [3.63, 3.8) is 0 Å². The molecule has 0 bridgehead atoms. The zero-order valence-electron chi connectivity index (χ0n) is 19.4. The minimum Gasteiger partial charge on any atom is -0.497 e. The van der Waals surface area contributed by atoms with Crippen molar-refractivity contribution < 1.29 is 23.8 Å². The monoisotopic (exact) mass is 490 g/mol. The Morgan fingerprint density at radius 3 is 2.56 bits per heavy atom. The molecule has 34 heavy (non-hydrogen) atoms. The van der Waals surface area contributed by atoms with Crippen molar-refractivity contribution >= 4 is 29.3 Å². The van der Waals surface area contributed by atoms with Crippen LogP contribution in [0, 0.1) is 5.92 Å². The first kappa shape index (κ1) is 25.5. The molecule has 2 aromatic rings. The number of nitrogens with zero attached hydrogens (tertiary/aromatic N) is 1. The maximum atomic E-state index is 12.7. The number of anilines is 1. The van der Waals surface area contributed by atoms with Gasteiger partial charge in [-0.3, -0.25) is 9.69 Å². The SMILES string of the molecule is COc1cccc(C(COC(N)=O)N2CCC(CNC(=O)c3cc(Cl)c(N)cc3OC)CC2)c1. The Bertz CT molecular complexity index is 1010. The van der Waals surface area contributed by atoms with Crippen LogP contribution in [-0.4, -0.2) is 57.4 Å². The highest BCUT2D eigenvalue weighted by molar-refractivity contribution is 6.33. The molecule has 3 rings (SSSR count). The van der Waals surface area contributed by atoms with Crippen molar-refractivity contribution in [3.05, 3.63) is 52.5 Å². The van der Waals surface area contributed by atoms with E-state index in [0.29, 0.717) is 34.5 Å². The Morgan fingerprint density at radius 2 is 1.91 bits per heavy atom. The number of nitrogen functional groups attached to an aromatic ring is 1. The Kier molecular flexibility index (Phi) is 8.84. The number of likely N-dealkylation sites (tertiary alicyclic amines) is 1. The number of carbonyl (C=O) groups is 2. The molecular weight excluding hydrogens is 460 g/mol. The van der Waals surface area contributed by atoms with Gasteiger partial charge in [-0.1, -0.05) is 23.7 Å². The van der Waals surface area contributed by atoms with Crippen LogP contribution in [0.25, 0.3) is 0 Å². The van der Waals surface area contributed by atoms with Crippen LogP contribution in [0.15, 0.2) is 36.4 Å². The predicted octanol–water partition coefficient (Wildman–Crippen LogP) is 3.22. The second-order valence-corrected chi connectivity index (χ2v) is 8.59. The third-order valence-electron chi connectivity index (χ3n) is 6.07. The van der Waals surface area contributed by atoms with Gasteiger partial charge in [-0.25, -0.2) is 4.79 Å². The van der Waals surface area contributed by atoms with Crippen LogP contribution in [0.1, 0.15) is 34.8 Å². The standard InChI is InChI=1S/C24H31ClN4O5/c1-32-17-5-3-4-16(10-17)21(14-34-24(27)31)29-8-6-15(7-9-29)13-28-23(30)18-11-19(25)20(26)12-22(18)33-2/h3-5,10-12,15,21H,6-9,13-14,26H2,1-2H3,(H2,27,31)(H,28,30). The van der Waals surface area contributed by atoms with Crippen molar-refractivity contribution in [1.82, 2.24) is 10.2 Å². The molecule has 1 unspecified atom stereocenters. The summed E-state index contributed by atoms with van der Waals surface area (Å²) < 4.78 is 15.8. The molecule has 10 heteroatoms. The van der Waals surface area contributed by atoms with E-state index in [1.54, 1.807) is 13.2 Å². The summed E-state index contributed by atoms with van der Waals surface area (Å²) in [5.41, 5.74) is 12.7. The van der Waals surface area contributed by atoms with E-state index in [-0.39, 0.29) is 18.6 Å². The minimum absolute atomic E-state index is 0.140. The lowest BCUT2D eigenvalue weighted by molar-refractivity contribution is 0.0699. The van der Waals surface area contributed by atoms with Crippen molar-refractivity contribution in [1.29, 1.82) is 0 Å². The fourth-order valence-corrected chi connectivity index (χ4v) is 4.30. The molecule has 1 fully saturated rings. The van der Waals surface area contributed by atoms with Gasteiger partial charge in [0.15, 0.2) is 0 Å². The molecule has 1 saturated heterocycles. The summed E-state index contributed by atoms with van der Waals surface area (Å²) in [6, 6.07) is 10.6. The molecule has 0 aromatic heterocycles. The first-order chi connectivity index (χ1) is 16.3. The minimum atomic E-state index is -0.802. The third-order valence-corrected chi connectivity index (χ3v) is 6.39. The number of benzene rings is 2. The van der Waals surface area contributed by atoms with Gasteiger partial charge in [0.1, 0.15) is 18.1 Å². The molecule has 1 heterocycles. The number of piperidine rings is 1. The van der Waals surface area contributed by atoms with Crippen molar-refractivity contribution in [2.75, 3.05) is 46.2 Å². The number of nitrogens with one attached hydrogen (secondary N) is 1. The fourth-order valence-electron chi connectivity index (χ4n) is 4.14. The number of halogens is 1. The van der Waals surface area contributed by atoms with E-state index in [9.17, 15) is 9.59 Å². The molecule has 0 radical (unpaired) electrons. The number of rotatable bonds is 9. The number of amides is 2. The largest absolute Gasteiger partial charge is 0.497 e. The molecule has 2 aromatic carbocycles. The number of nitrogens with two attached hydrogens (primary N) is 2. The normalized spacial score (nSPS) is 15.4. The predicted molar refractivity (Wildman–Crippen MR) is 130 cm³/mol. The summed E-state index contributed by atoms with van der Waals surface area (Å²) in [6.07, 6.45) is 0.942. The lowest BCUT2D eigenvalue weighted by Gasteiger charge is -2.37. The van der Waals surface area contributed by atoms with Gasteiger partial charge in [-0.2, -0.15) is 0 Å². The molecule has 1 aliphatic rings. The first-order valence-corrected chi connectivity index (χ1v) is 11.4. The number of hydrogen-bond acceptors (Lipinski definition) is 7. The second kappa shape index (κ2) is 11.8. The van der Waals surface area contributed by atoms with Crippen molar-refractivity contribution in [2.24, 2.45) is 11.7 Å². The first-order valence-electron chi connectivity index (χ1n) is 11.0. The maximum absolute atomic E-state index is 12.7. The van der Waals surface area contributed by atoms with Gasteiger partial charge in [0, 0.05) is 12.6 Å². The number of carbonyl (C=O) groups excluding carboxylic acids is 2. The summed E-state index contributed by atoms with van der Waals surface area (Å²) >= 11 is 6.08. The molecule has 0 saturated carbocycles. The summed E-state index contributed by atoms with van der Waals surface area (Å²) in [4.78, 5) is 26.2. The highest BCUT2D eigenvalue weighted by Crippen LogP contribution is 2.30. The third kappa shape index (κ3) is 6.45. The number of hydrogen-bond donors (Lipinski definition) is 3. The molecule has 1 atom stereocenters. The quantitative estimate of drug-likeness (QED) is 0.460. The molecular formula is C24H31ClN4O5. The zero-order valence-corrected chi connectivity index (χ0v) is 20.1. The molecule has 5 N–H and O–H groups in total. The number of ether oxygens (including phenoxy) is 3. The maximum Gasteiger partial charge on any atom is 0.404 e. The van der Waals surface area contributed by atoms with E-state index in [2.05, 4.69) is 10.2 Å². The average molecular weight is 491 g/mol. The highest BCUT2D eigenvalue weighted by atomic mass is 35.5. The number of primary amides is 1. The van der Waals surface area contributed by atoms with Gasteiger partial charge in [0.25, 0.3) is 5.91 Å². The van der Waals surface area contributed by atoms with E-state index in [4.69, 9.17) is 37.3 Å². The van der Waals surface area contributed by atoms with E-state index in [1.165, 1.54) is 13.2 Å². The average Bonchev–Trinajstić information content (AvgIpc) is 2.84. The molecule has 1 aliphatic heterocycles. The molecule has 0 aliphatic carbocycles. The second-order valence-electron chi connectivity index (χ2n) is 8.19. The van der Waals surface area contributed by atoms with E-state index in [0.717, 1.165) is 37.2 Å². The van der Waals surface area contributed by atoms with E-state index < -0.39 is 6.09 Å².